The summed E-state index contributed by atoms with van der Waals surface area (Å²) < 4.78 is 26.6. The topological polar surface area (TPSA) is 58.1 Å². The number of hydrogen-bond acceptors (Lipinski definition) is 4. The molecule has 1 N–H and O–H groups in total. The van der Waals surface area contributed by atoms with Crippen LogP contribution < -0.4 is 5.32 Å². The Morgan fingerprint density at radius 1 is 1.28 bits per heavy atom. The van der Waals surface area contributed by atoms with E-state index in [4.69, 9.17) is 0 Å². The Morgan fingerprint density at radius 2 is 2.12 bits per heavy atom. The van der Waals surface area contributed by atoms with Crippen LogP contribution >= 0.6 is 0 Å². The highest BCUT2D eigenvalue weighted by atomic mass is 19.1. The van der Waals surface area contributed by atoms with Gasteiger partial charge in [-0.2, -0.15) is 0 Å². The Bertz CT molecular complexity index is 751. The molecule has 3 rings (SSSR count). The number of carbonyl (C=O) groups excluding carboxylic acids is 1. The number of halogens is 2. The molecule has 0 radical (unpaired) electrons. The van der Waals surface area contributed by atoms with Gasteiger partial charge in [0.1, 0.15) is 23.1 Å². The van der Waals surface area contributed by atoms with E-state index in [1.807, 2.05) is 4.90 Å². The maximum Gasteiger partial charge on any atom is 0.274 e. The normalized spacial score (nSPS) is 17.4. The number of nitrogens with zero attached hydrogens (tertiary/aromatic N) is 3. The number of aromatic nitrogens is 2. The molecule has 1 aliphatic rings. The van der Waals surface area contributed by atoms with E-state index in [0.29, 0.717) is 0 Å². The van der Waals surface area contributed by atoms with E-state index >= 15 is 0 Å². The van der Waals surface area contributed by atoms with Gasteiger partial charge in [0.2, 0.25) is 0 Å². The van der Waals surface area contributed by atoms with Gasteiger partial charge in [-0.25, -0.2) is 18.7 Å². The van der Waals surface area contributed by atoms with E-state index in [0.717, 1.165) is 44.4 Å². The number of piperidine rings is 1. The van der Waals surface area contributed by atoms with E-state index in [1.165, 1.54) is 18.5 Å². The van der Waals surface area contributed by atoms with Crippen molar-refractivity contribution in [1.82, 2.24) is 14.9 Å². The zero-order valence-electron chi connectivity index (χ0n) is 14.0. The third kappa shape index (κ3) is 3.92. The maximum absolute atomic E-state index is 13.7. The molecule has 0 bridgehead atoms. The number of likely N-dealkylation sites (tertiary alicyclic amines) is 1. The van der Waals surface area contributed by atoms with E-state index in [2.05, 4.69) is 22.2 Å². The average molecular weight is 346 g/mol. The first-order valence-electron chi connectivity index (χ1n) is 8.43. The fraction of sp³-hybridized carbons (Fsp3) is 0.389. The SMILES string of the molecule is CCC1CCCCN1C(=O)c1cnc(Nc2ccc(F)cc2F)cn1. The van der Waals surface area contributed by atoms with Crippen LogP contribution in [0.4, 0.5) is 20.3 Å². The first kappa shape index (κ1) is 17.3. The highest BCUT2D eigenvalue weighted by Gasteiger charge is 2.27. The number of benzene rings is 1. The second kappa shape index (κ2) is 7.55. The minimum atomic E-state index is -0.721. The van der Waals surface area contributed by atoms with Crippen molar-refractivity contribution in [2.75, 3.05) is 11.9 Å². The van der Waals surface area contributed by atoms with Crippen molar-refractivity contribution in [1.29, 1.82) is 0 Å². The molecular weight excluding hydrogens is 326 g/mol. The number of rotatable bonds is 4. The molecule has 2 heterocycles. The minimum absolute atomic E-state index is 0.0943. The van der Waals surface area contributed by atoms with Gasteiger partial charge in [0.25, 0.3) is 5.91 Å². The van der Waals surface area contributed by atoms with Crippen molar-refractivity contribution in [2.45, 2.75) is 38.6 Å². The van der Waals surface area contributed by atoms with Gasteiger partial charge in [-0.1, -0.05) is 6.92 Å². The van der Waals surface area contributed by atoms with Crippen LogP contribution in [0.3, 0.4) is 0 Å². The molecule has 7 heteroatoms. The van der Waals surface area contributed by atoms with Gasteiger partial charge in [0, 0.05) is 18.7 Å². The number of carbonyl (C=O) groups is 1. The predicted molar refractivity (Wildman–Crippen MR) is 90.6 cm³/mol. The molecular formula is C18H20F2N4O. The molecule has 1 unspecified atom stereocenters. The maximum atomic E-state index is 13.7. The zero-order chi connectivity index (χ0) is 17.8. The van der Waals surface area contributed by atoms with Crippen LogP contribution in [0.5, 0.6) is 0 Å². The molecule has 1 aromatic carbocycles. The molecule has 5 nitrogen and oxygen atoms in total. The van der Waals surface area contributed by atoms with Crippen molar-refractivity contribution in [3.05, 3.63) is 47.9 Å². The molecule has 1 fully saturated rings. The molecule has 1 aliphatic heterocycles. The van der Waals surface area contributed by atoms with Crippen LogP contribution in [0.1, 0.15) is 43.1 Å². The summed E-state index contributed by atoms with van der Waals surface area (Å²) in [5.41, 5.74) is 0.363. The van der Waals surface area contributed by atoms with Gasteiger partial charge >= 0.3 is 0 Å². The summed E-state index contributed by atoms with van der Waals surface area (Å²) in [6, 6.07) is 3.46. The van der Waals surface area contributed by atoms with Crippen molar-refractivity contribution in [3.63, 3.8) is 0 Å². The van der Waals surface area contributed by atoms with Gasteiger partial charge < -0.3 is 10.2 Å². The van der Waals surface area contributed by atoms with Crippen molar-refractivity contribution >= 4 is 17.4 Å². The van der Waals surface area contributed by atoms with Gasteiger partial charge in [-0.3, -0.25) is 4.79 Å². The minimum Gasteiger partial charge on any atom is -0.337 e. The van der Waals surface area contributed by atoms with Gasteiger partial charge in [-0.05, 0) is 37.8 Å². The zero-order valence-corrected chi connectivity index (χ0v) is 14.0. The Hall–Kier alpha value is -2.57. The Labute approximate surface area is 145 Å². The second-order valence-electron chi connectivity index (χ2n) is 6.09. The molecule has 132 valence electrons. The smallest absolute Gasteiger partial charge is 0.274 e. The summed E-state index contributed by atoms with van der Waals surface area (Å²) in [6.45, 7) is 2.81. The summed E-state index contributed by atoms with van der Waals surface area (Å²) in [6.07, 6.45) is 6.83. The van der Waals surface area contributed by atoms with E-state index in [9.17, 15) is 13.6 Å². The summed E-state index contributed by atoms with van der Waals surface area (Å²) in [4.78, 5) is 22.8. The lowest BCUT2D eigenvalue weighted by Crippen LogP contribution is -2.43. The lowest BCUT2D eigenvalue weighted by molar-refractivity contribution is 0.0601. The monoisotopic (exact) mass is 346 g/mol. The molecule has 1 saturated heterocycles. The molecule has 2 aromatic rings. The molecule has 1 amide bonds. The van der Waals surface area contributed by atoms with Crippen LogP contribution in [-0.4, -0.2) is 33.4 Å². The summed E-state index contributed by atoms with van der Waals surface area (Å²) in [5, 5.41) is 2.72. The Kier molecular flexibility index (Phi) is 5.21. The Morgan fingerprint density at radius 3 is 2.80 bits per heavy atom. The average Bonchev–Trinajstić information content (AvgIpc) is 2.64. The fourth-order valence-electron chi connectivity index (χ4n) is 3.07. The van der Waals surface area contributed by atoms with Crippen LogP contribution in [0.25, 0.3) is 0 Å². The highest BCUT2D eigenvalue weighted by Crippen LogP contribution is 2.22. The molecule has 25 heavy (non-hydrogen) atoms. The molecule has 0 aliphatic carbocycles. The van der Waals surface area contributed by atoms with E-state index in [1.54, 1.807) is 0 Å². The lowest BCUT2D eigenvalue weighted by Gasteiger charge is -2.34. The lowest BCUT2D eigenvalue weighted by atomic mass is 10.00. The number of anilines is 2. The third-order valence-corrected chi connectivity index (χ3v) is 4.42. The fourth-order valence-corrected chi connectivity index (χ4v) is 3.07. The number of hydrogen-bond donors (Lipinski definition) is 1. The predicted octanol–water partition coefficient (Wildman–Crippen LogP) is 3.90. The summed E-state index contributed by atoms with van der Waals surface area (Å²) in [5.74, 6) is -1.21. The summed E-state index contributed by atoms with van der Waals surface area (Å²) in [7, 11) is 0. The second-order valence-corrected chi connectivity index (χ2v) is 6.09. The molecule has 0 saturated carbocycles. The van der Waals surface area contributed by atoms with Gasteiger partial charge in [-0.15, -0.1) is 0 Å². The summed E-state index contributed by atoms with van der Waals surface area (Å²) >= 11 is 0. The largest absolute Gasteiger partial charge is 0.337 e. The van der Waals surface area contributed by atoms with E-state index < -0.39 is 11.6 Å². The van der Waals surface area contributed by atoms with Crippen molar-refractivity contribution < 1.29 is 13.6 Å². The van der Waals surface area contributed by atoms with Gasteiger partial charge in [0.05, 0.1) is 18.1 Å². The molecule has 1 atom stereocenters. The molecule has 1 aromatic heterocycles. The molecule has 0 spiro atoms. The van der Waals surface area contributed by atoms with Gasteiger partial charge in [0.15, 0.2) is 0 Å². The van der Waals surface area contributed by atoms with Crippen LogP contribution in [0.15, 0.2) is 30.6 Å². The van der Waals surface area contributed by atoms with Crippen LogP contribution in [0, 0.1) is 11.6 Å². The first-order valence-corrected chi connectivity index (χ1v) is 8.43. The van der Waals surface area contributed by atoms with E-state index in [-0.39, 0.29) is 29.1 Å². The standard InChI is InChI=1S/C18H20F2N4O/c1-2-13-5-3-4-8-24(13)18(25)16-10-22-17(11-21-16)23-15-7-6-12(19)9-14(15)20/h6-7,9-11,13H,2-5,8H2,1H3,(H,22,23). The van der Waals surface area contributed by atoms with Crippen molar-refractivity contribution in [2.24, 2.45) is 0 Å². The Balaban J connectivity index is 1.72. The highest BCUT2D eigenvalue weighted by molar-refractivity contribution is 5.92. The number of nitrogens with one attached hydrogen (secondary N) is 1. The third-order valence-electron chi connectivity index (χ3n) is 4.42. The van der Waals surface area contributed by atoms with Crippen molar-refractivity contribution in [3.8, 4) is 0 Å². The quantitative estimate of drug-likeness (QED) is 0.912. The van der Waals surface area contributed by atoms with Crippen LogP contribution in [0.2, 0.25) is 0 Å². The van der Waals surface area contributed by atoms with Crippen LogP contribution in [-0.2, 0) is 0 Å². The number of amides is 1. The first-order chi connectivity index (χ1) is 12.1.